The highest BCUT2D eigenvalue weighted by Crippen LogP contribution is 2.01. The van der Waals surface area contributed by atoms with E-state index >= 15 is 0 Å². The van der Waals surface area contributed by atoms with E-state index in [4.69, 9.17) is 18.9 Å². The summed E-state index contributed by atoms with van der Waals surface area (Å²) in [5.41, 5.74) is 0. The molecule has 0 heterocycles. The molecule has 0 aromatic carbocycles. The second-order valence-corrected chi connectivity index (χ2v) is 5.55. The summed E-state index contributed by atoms with van der Waals surface area (Å²) in [5.74, 6) is 0.300. The van der Waals surface area contributed by atoms with Crippen LogP contribution >= 0.6 is 0 Å². The van der Waals surface area contributed by atoms with Crippen molar-refractivity contribution in [3.63, 3.8) is 0 Å². The van der Waals surface area contributed by atoms with Crippen LogP contribution in [0.1, 0.15) is 58.8 Å². The molecule has 0 spiro atoms. The van der Waals surface area contributed by atoms with Gasteiger partial charge in [0.05, 0.1) is 46.2 Å². The van der Waals surface area contributed by atoms with Gasteiger partial charge in [-0.15, -0.1) is 0 Å². The molecule has 0 N–H and O–H groups in total. The largest absolute Gasteiger partial charge is 0.379 e. The van der Waals surface area contributed by atoms with Crippen molar-refractivity contribution in [2.45, 2.75) is 58.8 Å². The molecule has 0 atom stereocenters. The van der Waals surface area contributed by atoms with E-state index in [0.717, 1.165) is 38.7 Å². The topological polar surface area (TPSA) is 54.0 Å². The minimum atomic E-state index is 0.300. The van der Waals surface area contributed by atoms with Crippen molar-refractivity contribution in [3.8, 4) is 0 Å². The van der Waals surface area contributed by atoms with E-state index in [-0.39, 0.29) is 0 Å². The van der Waals surface area contributed by atoms with E-state index in [0.29, 0.717) is 64.9 Å². The lowest BCUT2D eigenvalue weighted by Gasteiger charge is -2.07. The van der Waals surface area contributed by atoms with E-state index in [1.165, 1.54) is 0 Å². The Kier molecular flexibility index (Phi) is 19.1. The Hall–Kier alpha value is -0.490. The van der Waals surface area contributed by atoms with Crippen molar-refractivity contribution in [3.05, 3.63) is 0 Å². The van der Waals surface area contributed by atoms with Gasteiger partial charge in [0.1, 0.15) is 5.78 Å². The van der Waals surface area contributed by atoms with Gasteiger partial charge in [-0.1, -0.05) is 33.1 Å². The minimum absolute atomic E-state index is 0.300. The molecule has 0 unspecified atom stereocenters. The minimum Gasteiger partial charge on any atom is -0.379 e. The fourth-order valence-corrected chi connectivity index (χ4v) is 1.89. The molecule has 0 radical (unpaired) electrons. The zero-order valence-electron chi connectivity index (χ0n) is 15.1. The lowest BCUT2D eigenvalue weighted by Crippen LogP contribution is -2.13. The fourth-order valence-electron chi connectivity index (χ4n) is 1.89. The number of rotatable bonds is 19. The fraction of sp³-hybridized carbons (Fsp3) is 0.944. The molecular weight excluding hydrogens is 296 g/mol. The van der Waals surface area contributed by atoms with Gasteiger partial charge >= 0.3 is 0 Å². The number of Topliss-reactive ketones (excluding diaryl/α,β-unsaturated/α-hetero) is 1. The summed E-state index contributed by atoms with van der Waals surface area (Å²) in [6.45, 7) is 9.07. The maximum Gasteiger partial charge on any atom is 0.135 e. The van der Waals surface area contributed by atoms with Crippen LogP contribution < -0.4 is 0 Å². The summed E-state index contributed by atoms with van der Waals surface area (Å²) in [5, 5.41) is 0. The molecule has 0 aliphatic heterocycles. The number of carbonyl (C=O) groups is 1. The average Bonchev–Trinajstić information content (AvgIpc) is 2.55. The molecule has 0 amide bonds. The van der Waals surface area contributed by atoms with Gasteiger partial charge in [0.2, 0.25) is 0 Å². The molecule has 0 bridgehead atoms. The normalized spacial score (nSPS) is 11.0. The zero-order chi connectivity index (χ0) is 17.0. The number of ketones is 1. The predicted molar refractivity (Wildman–Crippen MR) is 92.0 cm³/mol. The third-order valence-corrected chi connectivity index (χ3v) is 3.34. The van der Waals surface area contributed by atoms with E-state index in [2.05, 4.69) is 13.8 Å². The first-order valence-corrected chi connectivity index (χ1v) is 9.13. The van der Waals surface area contributed by atoms with Crippen molar-refractivity contribution in [1.29, 1.82) is 0 Å². The highest BCUT2D eigenvalue weighted by atomic mass is 16.6. The van der Waals surface area contributed by atoms with Gasteiger partial charge in [-0.3, -0.25) is 4.79 Å². The number of hydrogen-bond donors (Lipinski definition) is 0. The molecule has 23 heavy (non-hydrogen) atoms. The molecule has 0 fully saturated rings. The predicted octanol–water partition coefficient (Wildman–Crippen LogP) is 3.39. The Morgan fingerprint density at radius 2 is 1.04 bits per heavy atom. The van der Waals surface area contributed by atoms with Crippen LogP contribution in [-0.4, -0.2) is 58.6 Å². The summed E-state index contributed by atoms with van der Waals surface area (Å²) < 4.78 is 21.5. The third kappa shape index (κ3) is 19.5. The smallest absolute Gasteiger partial charge is 0.135 e. The van der Waals surface area contributed by atoms with Crippen molar-refractivity contribution in [2.75, 3.05) is 52.9 Å². The number of carbonyl (C=O) groups excluding carboxylic acids is 1. The molecular formula is C18H36O5. The van der Waals surface area contributed by atoms with E-state index < -0.39 is 0 Å². The number of hydrogen-bond acceptors (Lipinski definition) is 5. The molecule has 0 aliphatic rings. The Balaban J connectivity index is 3.06. The Labute approximate surface area is 142 Å². The third-order valence-electron chi connectivity index (χ3n) is 3.34. The SMILES string of the molecule is CCCCCC(=O)CCOCCOCCOCCOCCCC. The van der Waals surface area contributed by atoms with Crippen molar-refractivity contribution >= 4 is 5.78 Å². The van der Waals surface area contributed by atoms with Gasteiger partial charge in [0, 0.05) is 19.4 Å². The van der Waals surface area contributed by atoms with Crippen LogP contribution in [0.2, 0.25) is 0 Å². The summed E-state index contributed by atoms with van der Waals surface area (Å²) in [4.78, 5) is 11.5. The van der Waals surface area contributed by atoms with E-state index in [1.54, 1.807) is 0 Å². The van der Waals surface area contributed by atoms with Crippen LogP contribution in [0.3, 0.4) is 0 Å². The van der Waals surface area contributed by atoms with Gasteiger partial charge < -0.3 is 18.9 Å². The Bertz CT molecular complexity index is 246. The summed E-state index contributed by atoms with van der Waals surface area (Å²) in [6, 6.07) is 0. The first-order chi connectivity index (χ1) is 11.3. The van der Waals surface area contributed by atoms with Gasteiger partial charge in [-0.05, 0) is 12.8 Å². The summed E-state index contributed by atoms with van der Waals surface area (Å²) >= 11 is 0. The van der Waals surface area contributed by atoms with Crippen molar-refractivity contribution in [1.82, 2.24) is 0 Å². The van der Waals surface area contributed by atoms with Crippen molar-refractivity contribution in [2.24, 2.45) is 0 Å². The number of unbranched alkanes of at least 4 members (excludes halogenated alkanes) is 3. The van der Waals surface area contributed by atoms with Crippen LogP contribution in [0.5, 0.6) is 0 Å². The monoisotopic (exact) mass is 332 g/mol. The lowest BCUT2D eigenvalue weighted by atomic mass is 10.1. The maximum atomic E-state index is 11.5. The quantitative estimate of drug-likeness (QED) is 0.339. The second kappa shape index (κ2) is 19.6. The first-order valence-electron chi connectivity index (χ1n) is 9.13. The maximum absolute atomic E-state index is 11.5. The van der Waals surface area contributed by atoms with Crippen molar-refractivity contribution < 1.29 is 23.7 Å². The van der Waals surface area contributed by atoms with E-state index in [1.807, 2.05) is 0 Å². The molecule has 5 nitrogen and oxygen atoms in total. The average molecular weight is 332 g/mol. The van der Waals surface area contributed by atoms with Crippen LogP contribution in [-0.2, 0) is 23.7 Å². The molecule has 0 aromatic heterocycles. The van der Waals surface area contributed by atoms with Gasteiger partial charge in [-0.2, -0.15) is 0 Å². The molecule has 138 valence electrons. The van der Waals surface area contributed by atoms with Crippen LogP contribution in [0, 0.1) is 0 Å². The van der Waals surface area contributed by atoms with Crippen LogP contribution in [0.4, 0.5) is 0 Å². The van der Waals surface area contributed by atoms with Gasteiger partial charge in [-0.25, -0.2) is 0 Å². The molecule has 0 aromatic rings. The Morgan fingerprint density at radius 1 is 0.565 bits per heavy atom. The molecule has 0 saturated heterocycles. The summed E-state index contributed by atoms with van der Waals surface area (Å²) in [6.07, 6.45) is 6.75. The summed E-state index contributed by atoms with van der Waals surface area (Å²) in [7, 11) is 0. The van der Waals surface area contributed by atoms with Gasteiger partial charge in [0.15, 0.2) is 0 Å². The highest BCUT2D eigenvalue weighted by Gasteiger charge is 2.01. The van der Waals surface area contributed by atoms with Crippen LogP contribution in [0.15, 0.2) is 0 Å². The first kappa shape index (κ1) is 22.5. The highest BCUT2D eigenvalue weighted by molar-refractivity contribution is 5.78. The molecule has 0 aliphatic carbocycles. The van der Waals surface area contributed by atoms with Crippen LogP contribution in [0.25, 0.3) is 0 Å². The second-order valence-electron chi connectivity index (χ2n) is 5.55. The van der Waals surface area contributed by atoms with E-state index in [9.17, 15) is 4.79 Å². The Morgan fingerprint density at radius 3 is 1.57 bits per heavy atom. The molecule has 0 rings (SSSR count). The number of ether oxygens (including phenoxy) is 4. The zero-order valence-corrected chi connectivity index (χ0v) is 15.1. The molecule has 5 heteroatoms. The van der Waals surface area contributed by atoms with Gasteiger partial charge in [0.25, 0.3) is 0 Å². The molecule has 0 saturated carbocycles. The standard InChI is InChI=1S/C18H36O5/c1-3-5-7-8-18(19)9-11-21-13-15-23-17-16-22-14-12-20-10-6-4-2/h3-17H2,1-2H3. The lowest BCUT2D eigenvalue weighted by molar-refractivity contribution is -0.120.